The highest BCUT2D eigenvalue weighted by Crippen LogP contribution is 2.38. The van der Waals surface area contributed by atoms with E-state index in [9.17, 15) is 9.90 Å². The summed E-state index contributed by atoms with van der Waals surface area (Å²) in [5.41, 5.74) is 0.920. The van der Waals surface area contributed by atoms with Crippen LogP contribution in [-0.4, -0.2) is 23.8 Å². The maximum Gasteiger partial charge on any atom is 0.315 e. The summed E-state index contributed by atoms with van der Waals surface area (Å²) in [5.74, 6) is 0. The molecule has 2 rings (SSSR count). The van der Waals surface area contributed by atoms with E-state index in [1.165, 1.54) is 5.56 Å². The van der Waals surface area contributed by atoms with Crippen LogP contribution in [0.5, 0.6) is 0 Å². The summed E-state index contributed by atoms with van der Waals surface area (Å²) < 4.78 is 0. The smallest absolute Gasteiger partial charge is 0.315 e. The topological polar surface area (TPSA) is 61.4 Å². The van der Waals surface area contributed by atoms with E-state index in [-0.39, 0.29) is 24.2 Å². The third-order valence-corrected chi connectivity index (χ3v) is 4.18. The van der Waals surface area contributed by atoms with Gasteiger partial charge in [0.2, 0.25) is 0 Å². The molecule has 4 heteroatoms. The van der Waals surface area contributed by atoms with Gasteiger partial charge in [0.1, 0.15) is 0 Å². The molecule has 0 saturated heterocycles. The lowest BCUT2D eigenvalue weighted by atomic mass is 9.88. The standard InChI is InChI=1S/C16H24N2O2/c1-2-14(12-19)17-15(20)18-16(10-6-7-11-16)13-8-4-3-5-9-13/h3-5,8-9,14,19H,2,6-7,10-12H2,1H3,(H2,17,18,20). The Morgan fingerprint density at radius 3 is 2.50 bits per heavy atom. The van der Waals surface area contributed by atoms with Crippen LogP contribution in [0.4, 0.5) is 4.79 Å². The van der Waals surface area contributed by atoms with Crippen LogP contribution in [0.25, 0.3) is 0 Å². The predicted molar refractivity (Wildman–Crippen MR) is 79.4 cm³/mol. The zero-order chi connectivity index (χ0) is 14.4. The van der Waals surface area contributed by atoms with Crippen molar-refractivity contribution in [3.05, 3.63) is 35.9 Å². The molecule has 1 saturated carbocycles. The molecule has 1 atom stereocenters. The average Bonchev–Trinajstić information content (AvgIpc) is 2.95. The maximum absolute atomic E-state index is 12.2. The Morgan fingerprint density at radius 1 is 1.30 bits per heavy atom. The molecule has 0 radical (unpaired) electrons. The van der Waals surface area contributed by atoms with E-state index >= 15 is 0 Å². The van der Waals surface area contributed by atoms with E-state index in [0.29, 0.717) is 0 Å². The second-order valence-corrected chi connectivity index (χ2v) is 5.54. The predicted octanol–water partition coefficient (Wildman–Crippen LogP) is 2.53. The van der Waals surface area contributed by atoms with Crippen LogP contribution < -0.4 is 10.6 Å². The number of hydrogen-bond donors (Lipinski definition) is 3. The second-order valence-electron chi connectivity index (χ2n) is 5.54. The highest BCUT2D eigenvalue weighted by molar-refractivity contribution is 5.75. The summed E-state index contributed by atoms with van der Waals surface area (Å²) in [5, 5.41) is 15.2. The van der Waals surface area contributed by atoms with Crippen molar-refractivity contribution in [3.8, 4) is 0 Å². The Bertz CT molecular complexity index is 423. The third-order valence-electron chi connectivity index (χ3n) is 4.18. The normalized spacial score (nSPS) is 18.5. The molecular formula is C16H24N2O2. The fourth-order valence-electron chi connectivity index (χ4n) is 2.94. The van der Waals surface area contributed by atoms with Gasteiger partial charge in [0, 0.05) is 0 Å². The molecule has 0 spiro atoms. The SMILES string of the molecule is CCC(CO)NC(=O)NC1(c2ccccc2)CCCC1. The van der Waals surface area contributed by atoms with Gasteiger partial charge in [-0.25, -0.2) is 4.79 Å². The van der Waals surface area contributed by atoms with Crippen molar-refractivity contribution in [1.82, 2.24) is 10.6 Å². The monoisotopic (exact) mass is 276 g/mol. The van der Waals surface area contributed by atoms with Gasteiger partial charge in [0.05, 0.1) is 18.2 Å². The molecule has 1 aromatic carbocycles. The summed E-state index contributed by atoms with van der Waals surface area (Å²) in [6.45, 7) is 1.92. The molecule has 0 bridgehead atoms. The van der Waals surface area contributed by atoms with Crippen LogP contribution in [0.1, 0.15) is 44.6 Å². The van der Waals surface area contributed by atoms with Crippen molar-refractivity contribution >= 4 is 6.03 Å². The molecule has 4 nitrogen and oxygen atoms in total. The molecule has 1 unspecified atom stereocenters. The Labute approximate surface area is 120 Å². The zero-order valence-corrected chi connectivity index (χ0v) is 12.1. The molecule has 0 heterocycles. The minimum atomic E-state index is -0.251. The number of aliphatic hydroxyl groups excluding tert-OH is 1. The average molecular weight is 276 g/mol. The van der Waals surface area contributed by atoms with Crippen LogP contribution in [0.15, 0.2) is 30.3 Å². The molecule has 3 N–H and O–H groups in total. The summed E-state index contributed by atoms with van der Waals surface area (Å²) in [6, 6.07) is 9.81. The second kappa shape index (κ2) is 6.75. The summed E-state index contributed by atoms with van der Waals surface area (Å²) in [7, 11) is 0. The van der Waals surface area contributed by atoms with Crippen molar-refractivity contribution in [3.63, 3.8) is 0 Å². The molecular weight excluding hydrogens is 252 g/mol. The first-order chi connectivity index (χ1) is 9.70. The van der Waals surface area contributed by atoms with Crippen LogP contribution in [-0.2, 0) is 5.54 Å². The Hall–Kier alpha value is -1.55. The first kappa shape index (κ1) is 14.9. The van der Waals surface area contributed by atoms with Crippen LogP contribution in [0.3, 0.4) is 0 Å². The Kier molecular flexibility index (Phi) is 5.01. The van der Waals surface area contributed by atoms with E-state index in [2.05, 4.69) is 22.8 Å². The van der Waals surface area contributed by atoms with E-state index in [1.54, 1.807) is 0 Å². The van der Waals surface area contributed by atoms with Crippen molar-refractivity contribution < 1.29 is 9.90 Å². The first-order valence-electron chi connectivity index (χ1n) is 7.45. The van der Waals surface area contributed by atoms with Gasteiger partial charge in [-0.15, -0.1) is 0 Å². The maximum atomic E-state index is 12.2. The van der Waals surface area contributed by atoms with Crippen molar-refractivity contribution in [2.24, 2.45) is 0 Å². The summed E-state index contributed by atoms with van der Waals surface area (Å²) in [6.07, 6.45) is 4.93. The van der Waals surface area contributed by atoms with E-state index in [0.717, 1.165) is 32.1 Å². The minimum absolute atomic E-state index is 0.0255. The highest BCUT2D eigenvalue weighted by atomic mass is 16.3. The number of nitrogens with one attached hydrogen (secondary N) is 2. The highest BCUT2D eigenvalue weighted by Gasteiger charge is 2.37. The van der Waals surface area contributed by atoms with Gasteiger partial charge in [-0.3, -0.25) is 0 Å². The quantitative estimate of drug-likeness (QED) is 0.774. The van der Waals surface area contributed by atoms with Gasteiger partial charge >= 0.3 is 6.03 Å². The molecule has 1 fully saturated rings. The summed E-state index contributed by atoms with van der Waals surface area (Å²) in [4.78, 5) is 12.2. The van der Waals surface area contributed by atoms with Crippen molar-refractivity contribution in [2.75, 3.05) is 6.61 Å². The number of aliphatic hydroxyl groups is 1. The van der Waals surface area contributed by atoms with E-state index in [4.69, 9.17) is 0 Å². The van der Waals surface area contributed by atoms with Crippen molar-refractivity contribution in [2.45, 2.75) is 50.6 Å². The molecule has 2 amide bonds. The number of urea groups is 1. The number of carbonyl (C=O) groups excluding carboxylic acids is 1. The van der Waals surface area contributed by atoms with Gasteiger partial charge in [-0.2, -0.15) is 0 Å². The molecule has 1 aliphatic rings. The molecule has 1 aliphatic carbocycles. The Balaban J connectivity index is 2.08. The largest absolute Gasteiger partial charge is 0.394 e. The molecule has 20 heavy (non-hydrogen) atoms. The van der Waals surface area contributed by atoms with Gasteiger partial charge in [0.15, 0.2) is 0 Å². The minimum Gasteiger partial charge on any atom is -0.394 e. The van der Waals surface area contributed by atoms with Gasteiger partial charge in [0.25, 0.3) is 0 Å². The lowest BCUT2D eigenvalue weighted by Gasteiger charge is -2.32. The molecule has 1 aromatic rings. The number of rotatable bonds is 5. The first-order valence-corrected chi connectivity index (χ1v) is 7.45. The number of carbonyl (C=O) groups is 1. The van der Waals surface area contributed by atoms with Gasteiger partial charge < -0.3 is 15.7 Å². The zero-order valence-electron chi connectivity index (χ0n) is 12.1. The number of amides is 2. The third kappa shape index (κ3) is 3.31. The van der Waals surface area contributed by atoms with E-state index < -0.39 is 0 Å². The van der Waals surface area contributed by atoms with Crippen LogP contribution >= 0.6 is 0 Å². The summed E-state index contributed by atoms with van der Waals surface area (Å²) >= 11 is 0. The van der Waals surface area contributed by atoms with Gasteiger partial charge in [-0.1, -0.05) is 50.1 Å². The fraction of sp³-hybridized carbons (Fsp3) is 0.562. The number of hydrogen-bond acceptors (Lipinski definition) is 2. The van der Waals surface area contributed by atoms with E-state index in [1.807, 2.05) is 25.1 Å². The molecule has 0 aliphatic heterocycles. The van der Waals surface area contributed by atoms with Crippen LogP contribution in [0, 0.1) is 0 Å². The van der Waals surface area contributed by atoms with Crippen molar-refractivity contribution in [1.29, 1.82) is 0 Å². The molecule has 110 valence electrons. The van der Waals surface area contributed by atoms with Gasteiger partial charge in [-0.05, 0) is 24.8 Å². The molecule has 0 aromatic heterocycles. The number of benzene rings is 1. The fourth-order valence-corrected chi connectivity index (χ4v) is 2.94. The lowest BCUT2D eigenvalue weighted by molar-refractivity contribution is 0.203. The Morgan fingerprint density at radius 2 is 1.95 bits per heavy atom. The lowest BCUT2D eigenvalue weighted by Crippen LogP contribution is -2.51. The van der Waals surface area contributed by atoms with Crippen LogP contribution in [0.2, 0.25) is 0 Å².